The van der Waals surface area contributed by atoms with Crippen molar-refractivity contribution in [2.75, 3.05) is 0 Å². The number of rotatable bonds is 4. The zero-order valence-electron chi connectivity index (χ0n) is 14.3. The first kappa shape index (κ1) is 15.3. The average Bonchev–Trinajstić information content (AvgIpc) is 3.28. The van der Waals surface area contributed by atoms with Gasteiger partial charge in [-0.25, -0.2) is 5.10 Å². The summed E-state index contributed by atoms with van der Waals surface area (Å²) in [4.78, 5) is 0. The molecule has 0 spiro atoms. The number of hydrogen-bond acceptors (Lipinski definition) is 3. The van der Waals surface area contributed by atoms with Crippen LogP contribution >= 0.6 is 0 Å². The molecule has 0 atom stereocenters. The molecular formula is C20H19N5. The van der Waals surface area contributed by atoms with Crippen molar-refractivity contribution in [1.29, 1.82) is 0 Å². The topological polar surface area (TPSA) is 59.4 Å². The van der Waals surface area contributed by atoms with Gasteiger partial charge in [0.05, 0.1) is 0 Å². The van der Waals surface area contributed by atoms with Gasteiger partial charge in [-0.1, -0.05) is 42.5 Å². The molecule has 124 valence electrons. The van der Waals surface area contributed by atoms with Gasteiger partial charge in [-0.3, -0.25) is 0 Å². The van der Waals surface area contributed by atoms with Crippen LogP contribution in [-0.2, 0) is 6.54 Å². The van der Waals surface area contributed by atoms with Gasteiger partial charge in [0.2, 0.25) is 0 Å². The summed E-state index contributed by atoms with van der Waals surface area (Å²) in [6.45, 7) is 5.09. The third-order valence-electron chi connectivity index (χ3n) is 4.53. The second kappa shape index (κ2) is 6.36. The predicted octanol–water partition coefficient (Wildman–Crippen LogP) is 4.00. The van der Waals surface area contributed by atoms with Crippen molar-refractivity contribution in [2.24, 2.45) is 0 Å². The molecule has 5 nitrogen and oxygen atoms in total. The molecule has 4 aromatic rings. The fourth-order valence-electron chi connectivity index (χ4n) is 3.16. The Morgan fingerprint density at radius 3 is 2.32 bits per heavy atom. The summed E-state index contributed by atoms with van der Waals surface area (Å²) < 4.78 is 2.31. The molecule has 4 rings (SSSR count). The van der Waals surface area contributed by atoms with Crippen LogP contribution < -0.4 is 0 Å². The van der Waals surface area contributed by atoms with Crippen molar-refractivity contribution < 1.29 is 0 Å². The van der Waals surface area contributed by atoms with Gasteiger partial charge in [0.15, 0.2) is 5.82 Å². The van der Waals surface area contributed by atoms with Crippen LogP contribution in [0.1, 0.15) is 17.0 Å². The van der Waals surface area contributed by atoms with Gasteiger partial charge in [0.25, 0.3) is 0 Å². The van der Waals surface area contributed by atoms with E-state index in [1.54, 1.807) is 0 Å². The van der Waals surface area contributed by atoms with Crippen LogP contribution in [0.25, 0.3) is 22.5 Å². The number of tetrazole rings is 1. The summed E-state index contributed by atoms with van der Waals surface area (Å²) in [7, 11) is 0. The third-order valence-corrected chi connectivity index (χ3v) is 4.53. The lowest BCUT2D eigenvalue weighted by Gasteiger charge is -2.13. The first-order valence-corrected chi connectivity index (χ1v) is 8.27. The van der Waals surface area contributed by atoms with Crippen LogP contribution in [0.2, 0.25) is 0 Å². The number of hydrogen-bond donors (Lipinski definition) is 1. The van der Waals surface area contributed by atoms with Gasteiger partial charge in [0.1, 0.15) is 0 Å². The molecule has 0 aliphatic rings. The van der Waals surface area contributed by atoms with E-state index in [0.717, 1.165) is 23.2 Å². The molecule has 0 bridgehead atoms. The van der Waals surface area contributed by atoms with E-state index in [1.807, 2.05) is 18.2 Å². The highest BCUT2D eigenvalue weighted by Crippen LogP contribution is 2.31. The van der Waals surface area contributed by atoms with E-state index in [2.05, 4.69) is 81.5 Å². The molecule has 0 saturated heterocycles. The zero-order valence-corrected chi connectivity index (χ0v) is 14.3. The second-order valence-electron chi connectivity index (χ2n) is 6.20. The Bertz CT molecular complexity index is 965. The molecule has 25 heavy (non-hydrogen) atoms. The molecule has 0 amide bonds. The lowest BCUT2D eigenvalue weighted by molar-refractivity contribution is 0.750. The molecule has 2 heterocycles. The smallest absolute Gasteiger partial charge is 0.180 e. The molecule has 2 aromatic carbocycles. The molecule has 0 fully saturated rings. The van der Waals surface area contributed by atoms with Crippen molar-refractivity contribution >= 4 is 0 Å². The first-order chi connectivity index (χ1) is 12.2. The lowest BCUT2D eigenvalue weighted by Crippen LogP contribution is -2.04. The van der Waals surface area contributed by atoms with Crippen molar-refractivity contribution in [2.45, 2.75) is 20.4 Å². The summed E-state index contributed by atoms with van der Waals surface area (Å²) in [6.07, 6.45) is 0. The standard InChI is InChI=1S/C20H19N5/c1-14-8-9-15(2)25(14)13-16-10-11-18(17-6-4-3-5-7-17)19(12-16)20-21-23-24-22-20/h3-12H,13H2,1-2H3,(H,21,22,23,24). The van der Waals surface area contributed by atoms with Crippen molar-refractivity contribution in [1.82, 2.24) is 25.2 Å². The minimum absolute atomic E-state index is 0.682. The van der Waals surface area contributed by atoms with Crippen LogP contribution in [0.4, 0.5) is 0 Å². The number of benzene rings is 2. The molecule has 0 radical (unpaired) electrons. The highest BCUT2D eigenvalue weighted by molar-refractivity contribution is 5.80. The van der Waals surface area contributed by atoms with Crippen molar-refractivity contribution in [3.8, 4) is 22.5 Å². The van der Waals surface area contributed by atoms with E-state index in [1.165, 1.54) is 17.0 Å². The quantitative estimate of drug-likeness (QED) is 0.615. The monoisotopic (exact) mass is 329 g/mol. The Morgan fingerprint density at radius 2 is 1.64 bits per heavy atom. The largest absolute Gasteiger partial charge is 0.345 e. The maximum Gasteiger partial charge on any atom is 0.180 e. The minimum atomic E-state index is 0.682. The molecule has 1 N–H and O–H groups in total. The van der Waals surface area contributed by atoms with Gasteiger partial charge < -0.3 is 4.57 Å². The van der Waals surface area contributed by atoms with Gasteiger partial charge in [0, 0.05) is 23.5 Å². The summed E-state index contributed by atoms with van der Waals surface area (Å²) in [5.41, 5.74) is 7.00. The third kappa shape index (κ3) is 2.96. The molecule has 0 aliphatic heterocycles. The minimum Gasteiger partial charge on any atom is -0.345 e. The SMILES string of the molecule is Cc1ccc(C)n1Cc1ccc(-c2ccccc2)c(-c2nnn[nH]2)c1. The summed E-state index contributed by atoms with van der Waals surface area (Å²) >= 11 is 0. The predicted molar refractivity (Wildman–Crippen MR) is 98.1 cm³/mol. The maximum atomic E-state index is 4.12. The van der Waals surface area contributed by atoms with Crippen LogP contribution in [0.5, 0.6) is 0 Å². The molecule has 0 saturated carbocycles. The Hall–Kier alpha value is -3.21. The zero-order chi connectivity index (χ0) is 17.2. The molecule has 0 aliphatic carbocycles. The number of aryl methyl sites for hydroxylation is 2. The molecular weight excluding hydrogens is 310 g/mol. The van der Waals surface area contributed by atoms with Crippen LogP contribution in [0, 0.1) is 13.8 Å². The fraction of sp³-hybridized carbons (Fsp3) is 0.150. The second-order valence-corrected chi connectivity index (χ2v) is 6.20. The van der Waals surface area contributed by atoms with E-state index >= 15 is 0 Å². The van der Waals surface area contributed by atoms with Crippen LogP contribution in [0.3, 0.4) is 0 Å². The Kier molecular flexibility index (Phi) is 3.90. The average molecular weight is 329 g/mol. The summed E-state index contributed by atoms with van der Waals surface area (Å²) in [5.74, 6) is 0.682. The lowest BCUT2D eigenvalue weighted by atomic mass is 9.97. The van der Waals surface area contributed by atoms with E-state index < -0.39 is 0 Å². The molecule has 2 aromatic heterocycles. The fourth-order valence-corrected chi connectivity index (χ4v) is 3.16. The van der Waals surface area contributed by atoms with E-state index in [-0.39, 0.29) is 0 Å². The maximum absolute atomic E-state index is 4.12. The molecule has 5 heteroatoms. The van der Waals surface area contributed by atoms with Crippen molar-refractivity contribution in [3.05, 3.63) is 77.6 Å². The highest BCUT2D eigenvalue weighted by atomic mass is 15.5. The van der Waals surface area contributed by atoms with E-state index in [4.69, 9.17) is 0 Å². The van der Waals surface area contributed by atoms with Gasteiger partial charge in [-0.2, -0.15) is 0 Å². The number of nitrogens with one attached hydrogen (secondary N) is 1. The van der Waals surface area contributed by atoms with Gasteiger partial charge >= 0.3 is 0 Å². The number of H-pyrrole nitrogens is 1. The number of aromatic amines is 1. The van der Waals surface area contributed by atoms with E-state index in [0.29, 0.717) is 5.82 Å². The molecule has 0 unspecified atom stereocenters. The summed E-state index contributed by atoms with van der Waals surface area (Å²) in [6, 6.07) is 21.1. The summed E-state index contributed by atoms with van der Waals surface area (Å²) in [5, 5.41) is 14.5. The van der Waals surface area contributed by atoms with Gasteiger partial charge in [-0.05, 0) is 59.2 Å². The normalized spacial score (nSPS) is 11.0. The Labute approximate surface area is 146 Å². The van der Waals surface area contributed by atoms with Gasteiger partial charge in [-0.15, -0.1) is 5.10 Å². The highest BCUT2D eigenvalue weighted by Gasteiger charge is 2.12. The number of aromatic nitrogens is 5. The first-order valence-electron chi connectivity index (χ1n) is 8.27. The Balaban J connectivity index is 1.80. The number of nitrogens with zero attached hydrogens (tertiary/aromatic N) is 4. The van der Waals surface area contributed by atoms with Crippen molar-refractivity contribution in [3.63, 3.8) is 0 Å². The van der Waals surface area contributed by atoms with Crippen LogP contribution in [0.15, 0.2) is 60.7 Å². The Morgan fingerprint density at radius 1 is 0.880 bits per heavy atom. The van der Waals surface area contributed by atoms with E-state index in [9.17, 15) is 0 Å². The van der Waals surface area contributed by atoms with Crippen LogP contribution in [-0.4, -0.2) is 25.2 Å².